The molecule has 2 aromatic rings. The van der Waals surface area contributed by atoms with Crippen LogP contribution in [0.4, 0.5) is 6.01 Å². The molecule has 1 heterocycles. The summed E-state index contributed by atoms with van der Waals surface area (Å²) >= 11 is 0. The van der Waals surface area contributed by atoms with Gasteiger partial charge in [0.25, 0.3) is 0 Å². The molecule has 0 saturated carbocycles. The first kappa shape index (κ1) is 11.3. The van der Waals surface area contributed by atoms with Gasteiger partial charge in [-0.05, 0) is 24.6 Å². The lowest BCUT2D eigenvalue weighted by molar-refractivity contribution is 0.354. The smallest absolute Gasteiger partial charge is 0.313 e. The number of methoxy groups -OCH3 is 2. The summed E-state index contributed by atoms with van der Waals surface area (Å²) in [5.74, 6) is 1.62. The second-order valence-corrected chi connectivity index (χ2v) is 3.47. The van der Waals surface area contributed by atoms with E-state index in [0.29, 0.717) is 17.4 Å². The minimum absolute atomic E-state index is 0.0363. The van der Waals surface area contributed by atoms with Crippen molar-refractivity contribution in [2.45, 2.75) is 6.92 Å². The van der Waals surface area contributed by atoms with E-state index in [1.165, 1.54) is 0 Å². The second-order valence-electron chi connectivity index (χ2n) is 3.47. The van der Waals surface area contributed by atoms with Crippen LogP contribution >= 0.6 is 0 Å². The third-order valence-corrected chi connectivity index (χ3v) is 2.40. The fraction of sp³-hybridized carbons (Fsp3) is 0.273. The van der Waals surface area contributed by atoms with Gasteiger partial charge in [-0.2, -0.15) is 0 Å². The Hall–Kier alpha value is -2.24. The molecule has 0 aliphatic carbocycles. The molecule has 6 heteroatoms. The van der Waals surface area contributed by atoms with Gasteiger partial charge in [0.1, 0.15) is 0 Å². The average Bonchev–Trinajstić information content (AvgIpc) is 2.75. The number of aryl methyl sites for hydroxylation is 1. The Kier molecular flexibility index (Phi) is 2.86. The predicted molar refractivity (Wildman–Crippen MR) is 62.0 cm³/mol. The molecule has 17 heavy (non-hydrogen) atoms. The molecule has 0 fully saturated rings. The molecule has 90 valence electrons. The van der Waals surface area contributed by atoms with Crippen LogP contribution in [0.25, 0.3) is 11.5 Å². The van der Waals surface area contributed by atoms with E-state index in [1.54, 1.807) is 20.3 Å². The number of ether oxygens (including phenoxy) is 2. The van der Waals surface area contributed by atoms with Crippen molar-refractivity contribution < 1.29 is 13.9 Å². The Morgan fingerprint density at radius 2 is 1.76 bits per heavy atom. The highest BCUT2D eigenvalue weighted by molar-refractivity contribution is 5.64. The molecule has 2 N–H and O–H groups in total. The van der Waals surface area contributed by atoms with Crippen molar-refractivity contribution in [3.05, 3.63) is 17.7 Å². The maximum atomic E-state index is 5.40. The number of aromatic nitrogens is 2. The molecule has 0 amide bonds. The van der Waals surface area contributed by atoms with E-state index >= 15 is 0 Å². The highest BCUT2D eigenvalue weighted by atomic mass is 16.5. The Morgan fingerprint density at radius 3 is 2.29 bits per heavy atom. The van der Waals surface area contributed by atoms with Crippen LogP contribution in [0.5, 0.6) is 11.5 Å². The van der Waals surface area contributed by atoms with Gasteiger partial charge in [0.15, 0.2) is 11.5 Å². The van der Waals surface area contributed by atoms with Gasteiger partial charge >= 0.3 is 6.01 Å². The molecule has 0 radical (unpaired) electrons. The first-order valence-corrected chi connectivity index (χ1v) is 4.97. The molecule has 6 nitrogen and oxygen atoms in total. The van der Waals surface area contributed by atoms with Crippen LogP contribution in [0.1, 0.15) is 5.56 Å². The van der Waals surface area contributed by atoms with Crippen molar-refractivity contribution in [1.29, 1.82) is 0 Å². The largest absolute Gasteiger partial charge is 0.493 e. The minimum atomic E-state index is 0.0363. The highest BCUT2D eigenvalue weighted by Crippen LogP contribution is 2.34. The lowest BCUT2D eigenvalue weighted by Crippen LogP contribution is -1.93. The standard InChI is InChI=1S/C11H13N3O3/c1-6-4-8(15-2)9(16-3)5-7(6)10-13-14-11(12)17-10/h4-5H,1-3H3,(H2,12,14). The first-order valence-electron chi connectivity index (χ1n) is 4.97. The topological polar surface area (TPSA) is 83.4 Å². The fourth-order valence-corrected chi connectivity index (χ4v) is 1.55. The normalized spacial score (nSPS) is 10.3. The lowest BCUT2D eigenvalue weighted by Gasteiger charge is -2.10. The van der Waals surface area contributed by atoms with Gasteiger partial charge < -0.3 is 19.6 Å². The minimum Gasteiger partial charge on any atom is -0.493 e. The van der Waals surface area contributed by atoms with Crippen molar-refractivity contribution in [1.82, 2.24) is 10.2 Å². The highest BCUT2D eigenvalue weighted by Gasteiger charge is 2.14. The number of hydrogen-bond acceptors (Lipinski definition) is 6. The van der Waals surface area contributed by atoms with Crippen LogP contribution in [0.3, 0.4) is 0 Å². The summed E-state index contributed by atoms with van der Waals surface area (Å²) in [4.78, 5) is 0. The number of nitrogens with zero attached hydrogens (tertiary/aromatic N) is 2. The number of nitrogen functional groups attached to an aromatic ring is 1. The number of rotatable bonds is 3. The van der Waals surface area contributed by atoms with Crippen LogP contribution in [-0.4, -0.2) is 24.4 Å². The van der Waals surface area contributed by atoms with Gasteiger partial charge in [0.2, 0.25) is 5.89 Å². The van der Waals surface area contributed by atoms with Crippen molar-refractivity contribution >= 4 is 6.01 Å². The summed E-state index contributed by atoms with van der Waals surface area (Å²) in [6.45, 7) is 1.91. The van der Waals surface area contributed by atoms with E-state index in [1.807, 2.05) is 13.0 Å². The van der Waals surface area contributed by atoms with Gasteiger partial charge in [-0.25, -0.2) is 0 Å². The Labute approximate surface area is 98.4 Å². The van der Waals surface area contributed by atoms with Crippen molar-refractivity contribution in [2.24, 2.45) is 0 Å². The van der Waals surface area contributed by atoms with E-state index in [9.17, 15) is 0 Å². The third-order valence-electron chi connectivity index (χ3n) is 2.40. The van der Waals surface area contributed by atoms with E-state index in [0.717, 1.165) is 11.1 Å². The Morgan fingerprint density at radius 1 is 1.12 bits per heavy atom. The van der Waals surface area contributed by atoms with Gasteiger partial charge in [0.05, 0.1) is 14.2 Å². The predicted octanol–water partition coefficient (Wildman–Crippen LogP) is 1.64. The summed E-state index contributed by atoms with van der Waals surface area (Å²) in [6, 6.07) is 3.66. The van der Waals surface area contributed by atoms with Gasteiger partial charge in [-0.1, -0.05) is 5.10 Å². The summed E-state index contributed by atoms with van der Waals surface area (Å²) in [5.41, 5.74) is 7.10. The maximum Gasteiger partial charge on any atom is 0.313 e. The molecule has 0 atom stereocenters. The van der Waals surface area contributed by atoms with Crippen LogP contribution in [0, 0.1) is 6.92 Å². The van der Waals surface area contributed by atoms with Crippen molar-refractivity contribution in [3.63, 3.8) is 0 Å². The van der Waals surface area contributed by atoms with Crippen LogP contribution in [-0.2, 0) is 0 Å². The van der Waals surface area contributed by atoms with Crippen LogP contribution in [0.15, 0.2) is 16.5 Å². The molecule has 0 aliphatic heterocycles. The van der Waals surface area contributed by atoms with Crippen LogP contribution in [0.2, 0.25) is 0 Å². The quantitative estimate of drug-likeness (QED) is 0.870. The molecular weight excluding hydrogens is 222 g/mol. The number of nitrogens with two attached hydrogens (primary N) is 1. The Bertz CT molecular complexity index is 537. The molecule has 1 aromatic carbocycles. The first-order chi connectivity index (χ1) is 8.15. The Balaban J connectivity index is 2.55. The van der Waals surface area contributed by atoms with Crippen LogP contribution < -0.4 is 15.2 Å². The van der Waals surface area contributed by atoms with E-state index < -0.39 is 0 Å². The zero-order valence-electron chi connectivity index (χ0n) is 9.85. The molecule has 0 bridgehead atoms. The van der Waals surface area contributed by atoms with Gasteiger partial charge in [-0.15, -0.1) is 5.10 Å². The van der Waals surface area contributed by atoms with E-state index in [2.05, 4.69) is 10.2 Å². The maximum absolute atomic E-state index is 5.40. The summed E-state index contributed by atoms with van der Waals surface area (Å²) in [6.07, 6.45) is 0. The van der Waals surface area contributed by atoms with E-state index in [-0.39, 0.29) is 6.01 Å². The zero-order valence-corrected chi connectivity index (χ0v) is 9.85. The summed E-state index contributed by atoms with van der Waals surface area (Å²) in [7, 11) is 3.15. The van der Waals surface area contributed by atoms with E-state index in [4.69, 9.17) is 19.6 Å². The van der Waals surface area contributed by atoms with Crippen molar-refractivity contribution in [2.75, 3.05) is 20.0 Å². The average molecular weight is 235 g/mol. The molecule has 0 aliphatic rings. The van der Waals surface area contributed by atoms with Gasteiger partial charge in [-0.3, -0.25) is 0 Å². The molecule has 0 spiro atoms. The molecule has 0 unspecified atom stereocenters. The molecule has 1 aromatic heterocycles. The monoisotopic (exact) mass is 235 g/mol. The number of hydrogen-bond donors (Lipinski definition) is 1. The van der Waals surface area contributed by atoms with Gasteiger partial charge in [0, 0.05) is 5.56 Å². The third kappa shape index (κ3) is 2.01. The molecule has 0 saturated heterocycles. The second kappa shape index (κ2) is 4.32. The van der Waals surface area contributed by atoms with Crippen molar-refractivity contribution in [3.8, 4) is 23.0 Å². The lowest BCUT2D eigenvalue weighted by atomic mass is 10.1. The SMILES string of the molecule is COc1cc(C)c(-c2nnc(N)o2)cc1OC. The summed E-state index contributed by atoms with van der Waals surface area (Å²) in [5, 5.41) is 7.46. The molecular formula is C11H13N3O3. The number of benzene rings is 1. The number of anilines is 1. The molecule has 2 rings (SSSR count). The fourth-order valence-electron chi connectivity index (χ4n) is 1.55. The zero-order chi connectivity index (χ0) is 12.4. The summed E-state index contributed by atoms with van der Waals surface area (Å²) < 4.78 is 15.6.